The van der Waals surface area contributed by atoms with Gasteiger partial charge in [0.15, 0.2) is 0 Å². The Morgan fingerprint density at radius 1 is 1.40 bits per heavy atom. The molecular weight excluding hydrogens is 186 g/mol. The number of likely N-dealkylation sites (tertiary alicyclic amines) is 1. The van der Waals surface area contributed by atoms with E-state index in [4.69, 9.17) is 5.11 Å². The molecule has 2 nitrogen and oxygen atoms in total. The number of aliphatic hydroxyl groups is 1. The van der Waals surface area contributed by atoms with Gasteiger partial charge < -0.3 is 10.0 Å². The third kappa shape index (κ3) is 5.53. The van der Waals surface area contributed by atoms with E-state index >= 15 is 0 Å². The van der Waals surface area contributed by atoms with Gasteiger partial charge in [-0.1, -0.05) is 13.3 Å². The van der Waals surface area contributed by atoms with Crippen molar-refractivity contribution in [3.63, 3.8) is 0 Å². The highest BCUT2D eigenvalue weighted by Gasteiger charge is 2.20. The molecule has 0 spiro atoms. The fraction of sp³-hybridized carbons (Fsp3) is 1.00. The predicted octanol–water partition coefficient (Wildman–Crippen LogP) is 2.66. The van der Waals surface area contributed by atoms with E-state index < -0.39 is 0 Å². The van der Waals surface area contributed by atoms with Gasteiger partial charge in [-0.15, -0.1) is 0 Å². The van der Waals surface area contributed by atoms with Crippen molar-refractivity contribution in [1.29, 1.82) is 0 Å². The summed E-state index contributed by atoms with van der Waals surface area (Å²) in [7, 11) is 0. The summed E-state index contributed by atoms with van der Waals surface area (Å²) in [5, 5.41) is 9.14. The summed E-state index contributed by atoms with van der Waals surface area (Å²) in [6.07, 6.45) is 7.42. The van der Waals surface area contributed by atoms with Crippen LogP contribution in [0.25, 0.3) is 0 Å². The standard InChI is InChI=1S/C13H27NO/c1-3-6-13-8-10-14(11-13)9-5-4-7-12(2)15/h12-13,15H,3-11H2,1-2H3. The molecule has 0 aromatic carbocycles. The van der Waals surface area contributed by atoms with E-state index in [9.17, 15) is 0 Å². The average Bonchev–Trinajstić information content (AvgIpc) is 2.61. The van der Waals surface area contributed by atoms with Crippen LogP contribution in [0.3, 0.4) is 0 Å². The smallest absolute Gasteiger partial charge is 0.0512 e. The molecular formula is C13H27NO. The van der Waals surface area contributed by atoms with Crippen LogP contribution in [-0.4, -0.2) is 35.7 Å². The minimum atomic E-state index is -0.114. The molecule has 1 saturated heterocycles. The van der Waals surface area contributed by atoms with Gasteiger partial charge in [-0.25, -0.2) is 0 Å². The van der Waals surface area contributed by atoms with E-state index in [0.29, 0.717) is 0 Å². The maximum absolute atomic E-state index is 9.14. The second kappa shape index (κ2) is 7.24. The lowest BCUT2D eigenvalue weighted by molar-refractivity contribution is 0.178. The third-order valence-electron chi connectivity index (χ3n) is 3.41. The quantitative estimate of drug-likeness (QED) is 0.657. The van der Waals surface area contributed by atoms with E-state index in [-0.39, 0.29) is 6.10 Å². The van der Waals surface area contributed by atoms with Gasteiger partial charge >= 0.3 is 0 Å². The van der Waals surface area contributed by atoms with Crippen molar-refractivity contribution in [3.05, 3.63) is 0 Å². The largest absolute Gasteiger partial charge is 0.393 e. The summed E-state index contributed by atoms with van der Waals surface area (Å²) in [5.41, 5.74) is 0. The SMILES string of the molecule is CCCC1CCN(CCCCC(C)O)C1. The Morgan fingerprint density at radius 3 is 2.87 bits per heavy atom. The molecule has 1 fully saturated rings. The number of unbranched alkanes of at least 4 members (excludes halogenated alkanes) is 1. The molecule has 0 aromatic rings. The molecule has 90 valence electrons. The van der Waals surface area contributed by atoms with Crippen molar-refractivity contribution in [3.8, 4) is 0 Å². The number of aliphatic hydroxyl groups excluding tert-OH is 1. The summed E-state index contributed by atoms with van der Waals surface area (Å²) in [6, 6.07) is 0. The number of rotatable bonds is 7. The van der Waals surface area contributed by atoms with Crippen LogP contribution in [0, 0.1) is 5.92 Å². The van der Waals surface area contributed by atoms with Crippen LogP contribution in [0.5, 0.6) is 0 Å². The third-order valence-corrected chi connectivity index (χ3v) is 3.41. The summed E-state index contributed by atoms with van der Waals surface area (Å²) in [4.78, 5) is 2.60. The summed E-state index contributed by atoms with van der Waals surface area (Å²) in [6.45, 7) is 8.03. The molecule has 2 atom stereocenters. The lowest BCUT2D eigenvalue weighted by atomic mass is 10.0. The zero-order chi connectivity index (χ0) is 11.1. The lowest BCUT2D eigenvalue weighted by Gasteiger charge is -2.15. The molecule has 0 aromatic heterocycles. The molecule has 1 heterocycles. The molecule has 0 amide bonds. The first-order valence-corrected chi connectivity index (χ1v) is 6.62. The molecule has 0 aliphatic carbocycles. The molecule has 1 aliphatic heterocycles. The van der Waals surface area contributed by atoms with Crippen LogP contribution in [0.15, 0.2) is 0 Å². The van der Waals surface area contributed by atoms with Gasteiger partial charge in [-0.2, -0.15) is 0 Å². The van der Waals surface area contributed by atoms with Gasteiger partial charge in [-0.3, -0.25) is 0 Å². The van der Waals surface area contributed by atoms with Crippen molar-refractivity contribution in [2.24, 2.45) is 5.92 Å². The van der Waals surface area contributed by atoms with Crippen LogP contribution < -0.4 is 0 Å². The first kappa shape index (κ1) is 13.0. The molecule has 0 bridgehead atoms. The maximum Gasteiger partial charge on any atom is 0.0512 e. The molecule has 1 rings (SSSR count). The Balaban J connectivity index is 1.99. The minimum Gasteiger partial charge on any atom is -0.393 e. The van der Waals surface area contributed by atoms with E-state index in [1.54, 1.807) is 0 Å². The fourth-order valence-electron chi connectivity index (χ4n) is 2.53. The number of hydrogen-bond acceptors (Lipinski definition) is 2. The van der Waals surface area contributed by atoms with Crippen molar-refractivity contribution in [1.82, 2.24) is 4.90 Å². The number of nitrogens with zero attached hydrogens (tertiary/aromatic N) is 1. The molecule has 2 unspecified atom stereocenters. The molecule has 1 aliphatic rings. The average molecular weight is 213 g/mol. The van der Waals surface area contributed by atoms with Crippen molar-refractivity contribution in [2.75, 3.05) is 19.6 Å². The Bertz CT molecular complexity index is 159. The molecule has 1 N–H and O–H groups in total. The van der Waals surface area contributed by atoms with E-state index in [0.717, 1.165) is 12.3 Å². The predicted molar refractivity (Wildman–Crippen MR) is 65.0 cm³/mol. The fourth-order valence-corrected chi connectivity index (χ4v) is 2.53. The second-order valence-electron chi connectivity index (χ2n) is 5.09. The van der Waals surface area contributed by atoms with Crippen LogP contribution >= 0.6 is 0 Å². The normalized spacial score (nSPS) is 24.6. The maximum atomic E-state index is 9.14. The summed E-state index contributed by atoms with van der Waals surface area (Å²) >= 11 is 0. The van der Waals surface area contributed by atoms with Gasteiger partial charge in [0, 0.05) is 6.54 Å². The van der Waals surface area contributed by atoms with Crippen LogP contribution in [0.1, 0.15) is 52.4 Å². The zero-order valence-electron chi connectivity index (χ0n) is 10.4. The van der Waals surface area contributed by atoms with Gasteiger partial charge in [0.25, 0.3) is 0 Å². The van der Waals surface area contributed by atoms with E-state index in [1.165, 1.54) is 51.7 Å². The van der Waals surface area contributed by atoms with E-state index in [2.05, 4.69) is 11.8 Å². The molecule has 0 saturated carbocycles. The highest BCUT2D eigenvalue weighted by atomic mass is 16.3. The van der Waals surface area contributed by atoms with E-state index in [1.807, 2.05) is 6.92 Å². The second-order valence-corrected chi connectivity index (χ2v) is 5.09. The first-order valence-electron chi connectivity index (χ1n) is 6.62. The van der Waals surface area contributed by atoms with Crippen LogP contribution in [0.2, 0.25) is 0 Å². The monoisotopic (exact) mass is 213 g/mol. The Labute approximate surface area is 94.7 Å². The van der Waals surface area contributed by atoms with Crippen LogP contribution in [0.4, 0.5) is 0 Å². The Hall–Kier alpha value is -0.0800. The van der Waals surface area contributed by atoms with Crippen LogP contribution in [-0.2, 0) is 0 Å². The van der Waals surface area contributed by atoms with Crippen molar-refractivity contribution < 1.29 is 5.11 Å². The summed E-state index contributed by atoms with van der Waals surface area (Å²) in [5.74, 6) is 0.965. The topological polar surface area (TPSA) is 23.5 Å². The number of hydrogen-bond donors (Lipinski definition) is 1. The minimum absolute atomic E-state index is 0.114. The van der Waals surface area contributed by atoms with Gasteiger partial charge in [0.1, 0.15) is 0 Å². The highest BCUT2D eigenvalue weighted by Crippen LogP contribution is 2.21. The van der Waals surface area contributed by atoms with Crippen molar-refractivity contribution >= 4 is 0 Å². The van der Waals surface area contributed by atoms with Crippen molar-refractivity contribution in [2.45, 2.75) is 58.5 Å². The van der Waals surface area contributed by atoms with Gasteiger partial charge in [0.2, 0.25) is 0 Å². The molecule has 0 radical (unpaired) electrons. The Morgan fingerprint density at radius 2 is 2.20 bits per heavy atom. The summed E-state index contributed by atoms with van der Waals surface area (Å²) < 4.78 is 0. The van der Waals surface area contributed by atoms with Gasteiger partial charge in [0.05, 0.1) is 6.10 Å². The first-order chi connectivity index (χ1) is 7.22. The Kier molecular flexibility index (Phi) is 6.26. The zero-order valence-corrected chi connectivity index (χ0v) is 10.4. The van der Waals surface area contributed by atoms with Gasteiger partial charge in [-0.05, 0) is 58.0 Å². The lowest BCUT2D eigenvalue weighted by Crippen LogP contribution is -2.22. The highest BCUT2D eigenvalue weighted by molar-refractivity contribution is 4.74. The molecule has 15 heavy (non-hydrogen) atoms. The molecule has 2 heteroatoms.